The van der Waals surface area contributed by atoms with Crippen molar-refractivity contribution < 1.29 is 14.3 Å². The highest BCUT2D eigenvalue weighted by molar-refractivity contribution is 7.12. The normalized spacial score (nSPS) is 11.0. The Balaban J connectivity index is 1.43. The number of hydrogen-bond donors (Lipinski definition) is 0. The van der Waals surface area contributed by atoms with Crippen LogP contribution < -0.4 is 4.74 Å². The fraction of sp³-hybridized carbons (Fsp3) is 0. The molecule has 0 saturated heterocycles. The van der Waals surface area contributed by atoms with Crippen LogP contribution in [0, 0.1) is 0 Å². The zero-order chi connectivity index (χ0) is 19.3. The second kappa shape index (κ2) is 8.03. The van der Waals surface area contributed by atoms with Gasteiger partial charge in [-0.15, -0.1) is 11.3 Å². The van der Waals surface area contributed by atoms with E-state index in [1.165, 1.54) is 11.3 Å². The molecule has 28 heavy (non-hydrogen) atoms. The van der Waals surface area contributed by atoms with Gasteiger partial charge in [-0.2, -0.15) is 0 Å². The van der Waals surface area contributed by atoms with E-state index in [2.05, 4.69) is 0 Å². The second-order valence-electron chi connectivity index (χ2n) is 6.20. The van der Waals surface area contributed by atoms with Crippen molar-refractivity contribution in [3.05, 3.63) is 106 Å². The summed E-state index contributed by atoms with van der Waals surface area (Å²) in [5, 5.41) is 3.98. The van der Waals surface area contributed by atoms with Gasteiger partial charge in [-0.1, -0.05) is 60.7 Å². The van der Waals surface area contributed by atoms with Crippen molar-refractivity contribution in [2.75, 3.05) is 0 Å². The predicted molar refractivity (Wildman–Crippen MR) is 113 cm³/mol. The fourth-order valence-corrected chi connectivity index (χ4v) is 3.41. The minimum Gasteiger partial charge on any atom is -0.422 e. The highest BCUT2D eigenvalue weighted by atomic mass is 32.1. The monoisotopic (exact) mass is 384 g/mol. The number of esters is 1. The van der Waals surface area contributed by atoms with E-state index in [1.807, 2.05) is 53.9 Å². The van der Waals surface area contributed by atoms with Crippen LogP contribution in [0.3, 0.4) is 0 Å². The molecule has 136 valence electrons. The molecule has 0 radical (unpaired) electrons. The zero-order valence-electron chi connectivity index (χ0n) is 14.9. The first-order chi connectivity index (χ1) is 13.7. The molecule has 0 aliphatic carbocycles. The van der Waals surface area contributed by atoms with Crippen molar-refractivity contribution in [2.45, 2.75) is 0 Å². The summed E-state index contributed by atoms with van der Waals surface area (Å²) < 4.78 is 5.33. The lowest BCUT2D eigenvalue weighted by Gasteiger charge is -2.03. The lowest BCUT2D eigenvalue weighted by Crippen LogP contribution is -2.05. The van der Waals surface area contributed by atoms with Gasteiger partial charge >= 0.3 is 5.97 Å². The third-order valence-corrected chi connectivity index (χ3v) is 5.12. The average molecular weight is 384 g/mol. The van der Waals surface area contributed by atoms with Crippen LogP contribution in [-0.4, -0.2) is 11.8 Å². The molecule has 0 amide bonds. The standard InChI is InChI=1S/C24H16O3S/c25-22(20-11-10-18-4-1-2-5-19(18)16-20)14-9-17-7-12-21(13-8-17)27-24(26)23-6-3-15-28-23/h1-16H/b14-9-. The van der Waals surface area contributed by atoms with E-state index in [9.17, 15) is 9.59 Å². The number of rotatable bonds is 5. The third kappa shape index (κ3) is 4.08. The average Bonchev–Trinajstić information content (AvgIpc) is 3.28. The largest absolute Gasteiger partial charge is 0.422 e. The number of allylic oxidation sites excluding steroid dienone is 1. The molecule has 1 aromatic heterocycles. The first-order valence-corrected chi connectivity index (χ1v) is 9.64. The Kier molecular flexibility index (Phi) is 5.13. The summed E-state index contributed by atoms with van der Waals surface area (Å²) in [6.07, 6.45) is 3.30. The molecule has 3 aromatic carbocycles. The molecule has 4 aromatic rings. The van der Waals surface area contributed by atoms with E-state index in [0.29, 0.717) is 16.2 Å². The molecule has 0 aliphatic heterocycles. The van der Waals surface area contributed by atoms with E-state index >= 15 is 0 Å². The highest BCUT2D eigenvalue weighted by Gasteiger charge is 2.09. The van der Waals surface area contributed by atoms with E-state index in [-0.39, 0.29) is 11.8 Å². The van der Waals surface area contributed by atoms with Crippen LogP contribution in [0.5, 0.6) is 5.75 Å². The summed E-state index contributed by atoms with van der Waals surface area (Å²) in [6.45, 7) is 0. The van der Waals surface area contributed by atoms with Gasteiger partial charge in [-0.25, -0.2) is 4.79 Å². The summed E-state index contributed by atoms with van der Waals surface area (Å²) in [5.41, 5.74) is 1.50. The van der Waals surface area contributed by atoms with Gasteiger partial charge in [-0.05, 0) is 52.1 Å². The smallest absolute Gasteiger partial charge is 0.353 e. The lowest BCUT2D eigenvalue weighted by molar-refractivity contribution is 0.0739. The number of carbonyl (C=O) groups excluding carboxylic acids is 2. The molecule has 4 heteroatoms. The first-order valence-electron chi connectivity index (χ1n) is 8.76. The Morgan fingerprint density at radius 2 is 1.61 bits per heavy atom. The number of ether oxygens (including phenoxy) is 1. The second-order valence-corrected chi connectivity index (χ2v) is 7.14. The Hall–Kier alpha value is -3.50. The van der Waals surface area contributed by atoms with Crippen molar-refractivity contribution in [3.8, 4) is 5.75 Å². The van der Waals surface area contributed by atoms with E-state index < -0.39 is 0 Å². The Bertz CT molecular complexity index is 1160. The molecule has 0 N–H and O–H groups in total. The van der Waals surface area contributed by atoms with Crippen LogP contribution in [0.15, 0.2) is 90.3 Å². The Labute approximate surface area is 166 Å². The highest BCUT2D eigenvalue weighted by Crippen LogP contribution is 2.19. The summed E-state index contributed by atoms with van der Waals surface area (Å²) in [5.74, 6) is 0.0418. The van der Waals surface area contributed by atoms with Crippen LogP contribution in [0.2, 0.25) is 0 Å². The predicted octanol–water partition coefficient (Wildman–Crippen LogP) is 6.02. The molecule has 0 fully saturated rings. The first kappa shape index (κ1) is 17.9. The third-order valence-electron chi connectivity index (χ3n) is 4.27. The maximum atomic E-state index is 12.5. The Morgan fingerprint density at radius 1 is 0.821 bits per heavy atom. The van der Waals surface area contributed by atoms with Gasteiger partial charge in [0, 0.05) is 5.56 Å². The molecule has 0 aliphatic rings. The number of benzene rings is 3. The minimum absolute atomic E-state index is 0.0565. The van der Waals surface area contributed by atoms with Gasteiger partial charge in [0.25, 0.3) is 0 Å². The molecule has 1 heterocycles. The summed E-state index contributed by atoms with van der Waals surface area (Å²) in [4.78, 5) is 25.0. The zero-order valence-corrected chi connectivity index (χ0v) is 15.7. The molecule has 0 atom stereocenters. The number of hydrogen-bond acceptors (Lipinski definition) is 4. The van der Waals surface area contributed by atoms with Crippen molar-refractivity contribution in [2.24, 2.45) is 0 Å². The fourth-order valence-electron chi connectivity index (χ4n) is 2.81. The summed E-state index contributed by atoms with van der Waals surface area (Å²) in [7, 11) is 0. The van der Waals surface area contributed by atoms with Gasteiger partial charge in [0.05, 0.1) is 0 Å². The van der Waals surface area contributed by atoms with Gasteiger partial charge in [0.15, 0.2) is 5.78 Å². The topological polar surface area (TPSA) is 43.4 Å². The molecular weight excluding hydrogens is 368 g/mol. The van der Waals surface area contributed by atoms with Crippen LogP contribution in [0.4, 0.5) is 0 Å². The van der Waals surface area contributed by atoms with Crippen molar-refractivity contribution in [1.82, 2.24) is 0 Å². The number of ketones is 1. The van der Waals surface area contributed by atoms with Gasteiger partial charge in [0.2, 0.25) is 0 Å². The van der Waals surface area contributed by atoms with Crippen LogP contribution in [0.1, 0.15) is 25.6 Å². The van der Waals surface area contributed by atoms with Crippen molar-refractivity contribution >= 4 is 39.9 Å². The molecule has 0 bridgehead atoms. The molecule has 4 rings (SSSR count). The summed E-state index contributed by atoms with van der Waals surface area (Å²) >= 11 is 1.34. The lowest BCUT2D eigenvalue weighted by atomic mass is 10.0. The number of thiophene rings is 1. The quantitative estimate of drug-likeness (QED) is 0.183. The number of fused-ring (bicyclic) bond motifs is 1. The van der Waals surface area contributed by atoms with Crippen LogP contribution in [0.25, 0.3) is 16.8 Å². The van der Waals surface area contributed by atoms with Crippen molar-refractivity contribution in [3.63, 3.8) is 0 Å². The van der Waals surface area contributed by atoms with E-state index in [1.54, 1.807) is 42.5 Å². The minimum atomic E-state index is -0.371. The SMILES string of the molecule is O=C(/C=C\c1ccc(OC(=O)c2cccs2)cc1)c1ccc2ccccc2c1. The Morgan fingerprint density at radius 3 is 2.36 bits per heavy atom. The van der Waals surface area contributed by atoms with Gasteiger partial charge < -0.3 is 4.74 Å². The van der Waals surface area contributed by atoms with Crippen LogP contribution >= 0.6 is 11.3 Å². The maximum Gasteiger partial charge on any atom is 0.353 e. The summed E-state index contributed by atoms with van der Waals surface area (Å²) in [6, 6.07) is 24.2. The molecular formula is C24H16O3S. The van der Waals surface area contributed by atoms with Crippen LogP contribution in [-0.2, 0) is 0 Å². The molecule has 3 nitrogen and oxygen atoms in total. The van der Waals surface area contributed by atoms with Gasteiger partial charge in [0.1, 0.15) is 10.6 Å². The molecule has 0 spiro atoms. The maximum absolute atomic E-state index is 12.5. The van der Waals surface area contributed by atoms with E-state index in [0.717, 1.165) is 16.3 Å². The van der Waals surface area contributed by atoms with E-state index in [4.69, 9.17) is 4.74 Å². The van der Waals surface area contributed by atoms with Gasteiger partial charge in [-0.3, -0.25) is 4.79 Å². The molecule has 0 unspecified atom stereocenters. The van der Waals surface area contributed by atoms with Crippen molar-refractivity contribution in [1.29, 1.82) is 0 Å². The molecule has 0 saturated carbocycles. The number of carbonyl (C=O) groups is 2.